The van der Waals surface area contributed by atoms with Crippen molar-refractivity contribution in [2.75, 3.05) is 7.05 Å². The Morgan fingerprint density at radius 2 is 2.00 bits per heavy atom. The van der Waals surface area contributed by atoms with E-state index in [9.17, 15) is 0 Å². The maximum Gasteiger partial charge on any atom is 0.0410 e. The fourth-order valence-electron chi connectivity index (χ4n) is 1.51. The Balaban J connectivity index is 2.26. The molecule has 0 unspecified atom stereocenters. The molecule has 0 bridgehead atoms. The molecule has 0 spiro atoms. The second-order valence-corrected chi connectivity index (χ2v) is 5.12. The molecule has 0 aliphatic rings. The summed E-state index contributed by atoms with van der Waals surface area (Å²) in [6.07, 6.45) is 3.60. The van der Waals surface area contributed by atoms with E-state index in [0.717, 1.165) is 11.6 Å². The molecule has 2 nitrogen and oxygen atoms in total. The van der Waals surface area contributed by atoms with E-state index in [1.807, 2.05) is 31.3 Å². The van der Waals surface area contributed by atoms with Crippen molar-refractivity contribution in [3.63, 3.8) is 0 Å². The molecule has 0 fully saturated rings. The molecule has 0 aliphatic heterocycles. The standard InChI is InChI=1S/C13H13ClN2S/c1-15-9-10-8-11(14)2-3-13(10)17-12-4-6-16-7-5-12/h2-8,15H,9H2,1H3. The minimum absolute atomic E-state index is 0.773. The van der Waals surface area contributed by atoms with Gasteiger partial charge in [0.15, 0.2) is 0 Å². The zero-order chi connectivity index (χ0) is 12.1. The third-order valence-corrected chi connectivity index (χ3v) is 3.63. The van der Waals surface area contributed by atoms with E-state index < -0.39 is 0 Å². The van der Waals surface area contributed by atoms with Crippen molar-refractivity contribution in [2.45, 2.75) is 16.3 Å². The van der Waals surface area contributed by atoms with Crippen LogP contribution < -0.4 is 5.32 Å². The Bertz CT molecular complexity index is 488. The minimum Gasteiger partial charge on any atom is -0.316 e. The summed E-state index contributed by atoms with van der Waals surface area (Å²) in [7, 11) is 1.93. The third kappa shape index (κ3) is 3.46. The monoisotopic (exact) mass is 264 g/mol. The highest BCUT2D eigenvalue weighted by Crippen LogP contribution is 2.31. The largest absolute Gasteiger partial charge is 0.316 e. The fraction of sp³-hybridized carbons (Fsp3) is 0.154. The zero-order valence-corrected chi connectivity index (χ0v) is 11.1. The van der Waals surface area contributed by atoms with Crippen molar-refractivity contribution in [1.29, 1.82) is 0 Å². The minimum atomic E-state index is 0.773. The van der Waals surface area contributed by atoms with Gasteiger partial charge in [-0.2, -0.15) is 0 Å². The average Bonchev–Trinajstić information content (AvgIpc) is 2.34. The van der Waals surface area contributed by atoms with Gasteiger partial charge < -0.3 is 5.32 Å². The lowest BCUT2D eigenvalue weighted by molar-refractivity contribution is 0.803. The predicted octanol–water partition coefficient (Wildman–Crippen LogP) is 3.61. The fourth-order valence-corrected chi connectivity index (χ4v) is 2.61. The molecule has 0 aliphatic carbocycles. The van der Waals surface area contributed by atoms with Crippen molar-refractivity contribution in [3.8, 4) is 0 Å². The molecule has 1 aromatic heterocycles. The normalized spacial score (nSPS) is 10.5. The van der Waals surface area contributed by atoms with Gasteiger partial charge in [-0.25, -0.2) is 0 Å². The number of halogens is 1. The Hall–Kier alpha value is -1.03. The first-order chi connectivity index (χ1) is 8.29. The van der Waals surface area contributed by atoms with Gasteiger partial charge in [-0.3, -0.25) is 4.98 Å². The smallest absolute Gasteiger partial charge is 0.0410 e. The quantitative estimate of drug-likeness (QED) is 0.913. The van der Waals surface area contributed by atoms with Gasteiger partial charge in [0.1, 0.15) is 0 Å². The maximum absolute atomic E-state index is 6.01. The lowest BCUT2D eigenvalue weighted by Gasteiger charge is -2.09. The molecule has 1 aromatic carbocycles. The Labute approximate surface area is 110 Å². The summed E-state index contributed by atoms with van der Waals surface area (Å²) in [5.41, 5.74) is 1.21. The first-order valence-electron chi connectivity index (χ1n) is 5.30. The number of hydrogen-bond donors (Lipinski definition) is 1. The number of hydrogen-bond acceptors (Lipinski definition) is 3. The van der Waals surface area contributed by atoms with Crippen molar-refractivity contribution >= 4 is 23.4 Å². The first-order valence-corrected chi connectivity index (χ1v) is 6.50. The van der Waals surface area contributed by atoms with Crippen LogP contribution in [-0.4, -0.2) is 12.0 Å². The van der Waals surface area contributed by atoms with Crippen molar-refractivity contribution in [1.82, 2.24) is 10.3 Å². The van der Waals surface area contributed by atoms with Gasteiger partial charge in [0.2, 0.25) is 0 Å². The molecule has 2 rings (SSSR count). The van der Waals surface area contributed by atoms with Crippen LogP contribution in [0.5, 0.6) is 0 Å². The molecule has 1 N–H and O–H groups in total. The summed E-state index contributed by atoms with van der Waals surface area (Å²) in [6, 6.07) is 9.98. The van der Waals surface area contributed by atoms with Crippen molar-refractivity contribution in [2.24, 2.45) is 0 Å². The van der Waals surface area contributed by atoms with E-state index in [2.05, 4.69) is 16.4 Å². The van der Waals surface area contributed by atoms with E-state index >= 15 is 0 Å². The summed E-state index contributed by atoms with van der Waals surface area (Å²) < 4.78 is 0. The molecule has 0 amide bonds. The highest BCUT2D eigenvalue weighted by Gasteiger charge is 2.04. The Morgan fingerprint density at radius 3 is 2.71 bits per heavy atom. The molecule has 1 heterocycles. The summed E-state index contributed by atoms with van der Waals surface area (Å²) in [5, 5.41) is 3.93. The molecular formula is C13H13ClN2S. The summed E-state index contributed by atoms with van der Waals surface area (Å²) in [5.74, 6) is 0. The summed E-state index contributed by atoms with van der Waals surface area (Å²) in [4.78, 5) is 6.41. The molecule has 88 valence electrons. The molecule has 0 saturated heterocycles. The van der Waals surface area contributed by atoms with Crippen LogP contribution in [0.25, 0.3) is 0 Å². The lowest BCUT2D eigenvalue weighted by atomic mass is 10.2. The maximum atomic E-state index is 6.01. The van der Waals surface area contributed by atoms with E-state index in [4.69, 9.17) is 11.6 Å². The molecule has 17 heavy (non-hydrogen) atoms. The predicted molar refractivity (Wildman–Crippen MR) is 72.6 cm³/mol. The van der Waals surface area contributed by atoms with Crippen LogP contribution in [0.3, 0.4) is 0 Å². The molecule has 0 radical (unpaired) electrons. The van der Waals surface area contributed by atoms with Crippen LogP contribution in [0.4, 0.5) is 0 Å². The number of nitrogens with one attached hydrogen (secondary N) is 1. The molecule has 0 saturated carbocycles. The van der Waals surface area contributed by atoms with Gasteiger partial charge >= 0.3 is 0 Å². The second-order valence-electron chi connectivity index (χ2n) is 3.57. The molecule has 4 heteroatoms. The van der Waals surface area contributed by atoms with E-state index in [-0.39, 0.29) is 0 Å². The van der Waals surface area contributed by atoms with Gasteiger partial charge in [-0.05, 0) is 42.9 Å². The summed E-state index contributed by atoms with van der Waals surface area (Å²) in [6.45, 7) is 0.813. The van der Waals surface area contributed by atoms with Gasteiger partial charge in [0.25, 0.3) is 0 Å². The van der Waals surface area contributed by atoms with Gasteiger partial charge in [0.05, 0.1) is 0 Å². The van der Waals surface area contributed by atoms with Crippen LogP contribution in [0, 0.1) is 0 Å². The first kappa shape index (κ1) is 12.4. The van der Waals surface area contributed by atoms with Crippen LogP contribution in [0.15, 0.2) is 52.5 Å². The van der Waals surface area contributed by atoms with E-state index in [1.54, 1.807) is 24.2 Å². The van der Waals surface area contributed by atoms with E-state index in [1.165, 1.54) is 15.4 Å². The van der Waals surface area contributed by atoms with Crippen LogP contribution in [0.2, 0.25) is 5.02 Å². The molecule has 2 aromatic rings. The second kappa shape index (κ2) is 6.05. The van der Waals surface area contributed by atoms with Crippen molar-refractivity contribution in [3.05, 3.63) is 53.3 Å². The van der Waals surface area contributed by atoms with E-state index in [0.29, 0.717) is 0 Å². The SMILES string of the molecule is CNCc1cc(Cl)ccc1Sc1ccncc1. The van der Waals surface area contributed by atoms with Crippen LogP contribution in [-0.2, 0) is 6.54 Å². The van der Waals surface area contributed by atoms with Crippen LogP contribution in [0.1, 0.15) is 5.56 Å². The Morgan fingerprint density at radius 1 is 1.24 bits per heavy atom. The highest BCUT2D eigenvalue weighted by molar-refractivity contribution is 7.99. The topological polar surface area (TPSA) is 24.9 Å². The third-order valence-electron chi connectivity index (χ3n) is 2.27. The number of benzene rings is 1. The molecular weight excluding hydrogens is 252 g/mol. The zero-order valence-electron chi connectivity index (χ0n) is 9.48. The lowest BCUT2D eigenvalue weighted by Crippen LogP contribution is -2.06. The summed E-state index contributed by atoms with van der Waals surface area (Å²) >= 11 is 7.73. The number of pyridine rings is 1. The number of rotatable bonds is 4. The van der Waals surface area contributed by atoms with Crippen LogP contribution >= 0.6 is 23.4 Å². The number of aromatic nitrogens is 1. The average molecular weight is 265 g/mol. The van der Waals surface area contributed by atoms with Gasteiger partial charge in [0, 0.05) is 33.8 Å². The number of nitrogens with zero attached hydrogens (tertiary/aromatic N) is 1. The Kier molecular flexibility index (Phi) is 4.42. The molecule has 0 atom stereocenters. The van der Waals surface area contributed by atoms with Gasteiger partial charge in [-0.1, -0.05) is 23.4 Å². The van der Waals surface area contributed by atoms with Crippen molar-refractivity contribution < 1.29 is 0 Å². The highest BCUT2D eigenvalue weighted by atomic mass is 35.5. The van der Waals surface area contributed by atoms with Gasteiger partial charge in [-0.15, -0.1) is 0 Å².